The lowest BCUT2D eigenvalue weighted by Gasteiger charge is -2.03. The number of carbonyl (C=O) groups is 1. The van der Waals surface area contributed by atoms with Gasteiger partial charge in [0.05, 0.1) is 0 Å². The highest BCUT2D eigenvalue weighted by molar-refractivity contribution is 6.31. The number of aryl methyl sites for hydroxylation is 3. The number of carboxylic acids is 1. The van der Waals surface area contributed by atoms with Crippen LogP contribution in [0.15, 0.2) is 24.3 Å². The van der Waals surface area contributed by atoms with Crippen LogP contribution in [0.5, 0.6) is 0 Å². The molecule has 1 heterocycles. The van der Waals surface area contributed by atoms with Gasteiger partial charge in [0.2, 0.25) is 0 Å². The third-order valence-electron chi connectivity index (χ3n) is 2.70. The monoisotopic (exact) mass is 264 g/mol. The van der Waals surface area contributed by atoms with E-state index in [1.165, 1.54) is 0 Å². The summed E-state index contributed by atoms with van der Waals surface area (Å²) in [5.74, 6) is -0.393. The van der Waals surface area contributed by atoms with Gasteiger partial charge >= 0.3 is 5.97 Å². The second-order valence-electron chi connectivity index (χ2n) is 4.05. The van der Waals surface area contributed by atoms with Gasteiger partial charge in [0, 0.05) is 10.7 Å². The van der Waals surface area contributed by atoms with E-state index in [2.05, 4.69) is 9.97 Å². The van der Waals surface area contributed by atoms with Crippen LogP contribution in [0.25, 0.3) is 0 Å². The fourth-order valence-corrected chi connectivity index (χ4v) is 2.09. The number of nitrogens with zero attached hydrogens (tertiary/aromatic N) is 1. The van der Waals surface area contributed by atoms with Gasteiger partial charge in [-0.15, -0.1) is 0 Å². The van der Waals surface area contributed by atoms with Gasteiger partial charge in [-0.1, -0.05) is 29.8 Å². The van der Waals surface area contributed by atoms with Crippen molar-refractivity contribution in [3.8, 4) is 0 Å². The summed E-state index contributed by atoms with van der Waals surface area (Å²) in [5, 5.41) is 9.72. The third kappa shape index (κ3) is 2.71. The number of carboxylic acid groups (broad SMARTS) is 1. The SMILES string of the molecule is Cc1nc(C(=O)O)c(CCc2ccccc2Cl)[nH]1. The fraction of sp³-hybridized carbons (Fsp3) is 0.231. The first-order valence-corrected chi connectivity index (χ1v) is 5.98. The summed E-state index contributed by atoms with van der Waals surface area (Å²) in [6.45, 7) is 1.74. The number of aromatic amines is 1. The summed E-state index contributed by atoms with van der Waals surface area (Å²) >= 11 is 6.06. The molecule has 94 valence electrons. The Balaban J connectivity index is 2.16. The minimum atomic E-state index is -1.01. The molecular formula is C13H13ClN2O2. The average Bonchev–Trinajstić information content (AvgIpc) is 2.70. The van der Waals surface area contributed by atoms with Crippen LogP contribution in [-0.4, -0.2) is 21.0 Å². The number of aromatic nitrogens is 2. The van der Waals surface area contributed by atoms with Crippen molar-refractivity contribution < 1.29 is 9.90 Å². The van der Waals surface area contributed by atoms with Crippen LogP contribution in [0.3, 0.4) is 0 Å². The molecule has 0 unspecified atom stereocenters. The Bertz CT molecular complexity index is 578. The Morgan fingerprint density at radius 1 is 1.39 bits per heavy atom. The van der Waals surface area contributed by atoms with E-state index in [1.807, 2.05) is 24.3 Å². The molecule has 0 spiro atoms. The maximum atomic E-state index is 11.0. The molecule has 0 aliphatic rings. The first kappa shape index (κ1) is 12.6. The van der Waals surface area contributed by atoms with Gasteiger partial charge in [-0.2, -0.15) is 0 Å². The van der Waals surface area contributed by atoms with E-state index in [4.69, 9.17) is 16.7 Å². The van der Waals surface area contributed by atoms with Gasteiger partial charge in [0.1, 0.15) is 5.82 Å². The molecule has 5 heteroatoms. The van der Waals surface area contributed by atoms with Crippen molar-refractivity contribution in [1.29, 1.82) is 0 Å². The molecule has 0 radical (unpaired) electrons. The summed E-state index contributed by atoms with van der Waals surface area (Å²) in [6.07, 6.45) is 1.26. The summed E-state index contributed by atoms with van der Waals surface area (Å²) in [6, 6.07) is 7.55. The van der Waals surface area contributed by atoms with E-state index >= 15 is 0 Å². The van der Waals surface area contributed by atoms with Crippen molar-refractivity contribution in [2.75, 3.05) is 0 Å². The van der Waals surface area contributed by atoms with Gasteiger partial charge < -0.3 is 10.1 Å². The van der Waals surface area contributed by atoms with Gasteiger partial charge in [0.15, 0.2) is 5.69 Å². The molecule has 0 fully saturated rings. The molecule has 0 amide bonds. The lowest BCUT2D eigenvalue weighted by molar-refractivity contribution is 0.0689. The van der Waals surface area contributed by atoms with Crippen molar-refractivity contribution in [3.63, 3.8) is 0 Å². The van der Waals surface area contributed by atoms with Crippen LogP contribution >= 0.6 is 11.6 Å². The number of hydrogen-bond acceptors (Lipinski definition) is 2. The van der Waals surface area contributed by atoms with E-state index in [1.54, 1.807) is 6.92 Å². The molecule has 0 saturated heterocycles. The van der Waals surface area contributed by atoms with Crippen LogP contribution in [0.4, 0.5) is 0 Å². The maximum Gasteiger partial charge on any atom is 0.356 e. The second kappa shape index (κ2) is 5.23. The first-order valence-electron chi connectivity index (χ1n) is 5.60. The van der Waals surface area contributed by atoms with Gasteiger partial charge in [0.25, 0.3) is 0 Å². The third-order valence-corrected chi connectivity index (χ3v) is 3.07. The summed E-state index contributed by atoms with van der Waals surface area (Å²) < 4.78 is 0. The number of H-pyrrole nitrogens is 1. The van der Waals surface area contributed by atoms with Gasteiger partial charge in [-0.05, 0) is 31.4 Å². The van der Waals surface area contributed by atoms with E-state index in [-0.39, 0.29) is 5.69 Å². The molecule has 0 bridgehead atoms. The highest BCUT2D eigenvalue weighted by Crippen LogP contribution is 2.18. The largest absolute Gasteiger partial charge is 0.476 e. The van der Waals surface area contributed by atoms with Crippen LogP contribution in [0, 0.1) is 6.92 Å². The number of hydrogen-bond donors (Lipinski definition) is 2. The minimum Gasteiger partial charge on any atom is -0.476 e. The number of rotatable bonds is 4. The topological polar surface area (TPSA) is 66.0 Å². The molecule has 0 saturated carbocycles. The lowest BCUT2D eigenvalue weighted by Crippen LogP contribution is -2.03. The Morgan fingerprint density at radius 3 is 2.78 bits per heavy atom. The standard InChI is InChI=1S/C13H13ClN2O2/c1-8-15-11(12(16-8)13(17)18)7-6-9-4-2-3-5-10(9)14/h2-5H,6-7H2,1H3,(H,15,16)(H,17,18). The smallest absolute Gasteiger partial charge is 0.356 e. The van der Waals surface area contributed by atoms with Crippen molar-refractivity contribution in [1.82, 2.24) is 9.97 Å². The van der Waals surface area contributed by atoms with Gasteiger partial charge in [-0.25, -0.2) is 9.78 Å². The molecule has 0 atom stereocenters. The zero-order valence-electron chi connectivity index (χ0n) is 9.90. The predicted octanol–water partition coefficient (Wildman–Crippen LogP) is 2.85. The average molecular weight is 265 g/mol. The molecule has 18 heavy (non-hydrogen) atoms. The minimum absolute atomic E-state index is 0.0968. The maximum absolute atomic E-state index is 11.0. The van der Waals surface area contributed by atoms with Crippen LogP contribution < -0.4 is 0 Å². The Labute approximate surface area is 110 Å². The van der Waals surface area contributed by atoms with Crippen molar-refractivity contribution >= 4 is 17.6 Å². The number of aromatic carboxylic acids is 1. The van der Waals surface area contributed by atoms with E-state index in [0.29, 0.717) is 29.4 Å². The van der Waals surface area contributed by atoms with E-state index in [0.717, 1.165) is 5.56 Å². The number of nitrogens with one attached hydrogen (secondary N) is 1. The molecule has 2 N–H and O–H groups in total. The lowest BCUT2D eigenvalue weighted by atomic mass is 10.1. The van der Waals surface area contributed by atoms with Crippen molar-refractivity contribution in [2.45, 2.75) is 19.8 Å². The zero-order valence-corrected chi connectivity index (χ0v) is 10.7. The van der Waals surface area contributed by atoms with E-state index < -0.39 is 5.97 Å². The molecule has 1 aromatic carbocycles. The van der Waals surface area contributed by atoms with Crippen LogP contribution in [0.1, 0.15) is 27.6 Å². The molecule has 4 nitrogen and oxygen atoms in total. The Hall–Kier alpha value is -1.81. The molecule has 2 aromatic rings. The highest BCUT2D eigenvalue weighted by atomic mass is 35.5. The molecule has 2 rings (SSSR count). The molecule has 0 aliphatic carbocycles. The van der Waals surface area contributed by atoms with Crippen molar-refractivity contribution in [3.05, 3.63) is 52.1 Å². The first-order chi connectivity index (χ1) is 8.58. The van der Waals surface area contributed by atoms with Crippen LogP contribution in [-0.2, 0) is 12.8 Å². The van der Waals surface area contributed by atoms with Crippen LogP contribution in [0.2, 0.25) is 5.02 Å². The second-order valence-corrected chi connectivity index (χ2v) is 4.45. The summed E-state index contributed by atoms with van der Waals surface area (Å²) in [7, 11) is 0. The highest BCUT2D eigenvalue weighted by Gasteiger charge is 2.15. The van der Waals surface area contributed by atoms with Crippen molar-refractivity contribution in [2.24, 2.45) is 0 Å². The predicted molar refractivity (Wildman–Crippen MR) is 69.1 cm³/mol. The molecule has 1 aromatic heterocycles. The Morgan fingerprint density at radius 2 is 2.11 bits per heavy atom. The number of halogens is 1. The number of imidazole rings is 1. The normalized spacial score (nSPS) is 10.6. The summed E-state index contributed by atoms with van der Waals surface area (Å²) in [4.78, 5) is 17.9. The Kier molecular flexibility index (Phi) is 3.67. The van der Waals surface area contributed by atoms with Gasteiger partial charge in [-0.3, -0.25) is 0 Å². The zero-order chi connectivity index (χ0) is 13.1. The molecule has 0 aliphatic heterocycles. The quantitative estimate of drug-likeness (QED) is 0.892. The van der Waals surface area contributed by atoms with E-state index in [9.17, 15) is 4.79 Å². The molecular weight excluding hydrogens is 252 g/mol. The summed E-state index contributed by atoms with van der Waals surface area (Å²) in [5.41, 5.74) is 1.74. The number of benzene rings is 1. The fourth-order valence-electron chi connectivity index (χ4n) is 1.86.